The molecule has 0 N–H and O–H groups in total. The summed E-state index contributed by atoms with van der Waals surface area (Å²) < 4.78 is 0. The minimum atomic E-state index is 0.597. The van der Waals surface area contributed by atoms with Crippen LogP contribution in [0.2, 0.25) is 0 Å². The second-order valence-corrected chi connectivity index (χ2v) is 3.86. The Bertz CT molecular complexity index is 177. The lowest BCUT2D eigenvalue weighted by Crippen LogP contribution is -2.32. The second kappa shape index (κ2) is 4.66. The average molecular weight is 182 g/mol. The van der Waals surface area contributed by atoms with Crippen molar-refractivity contribution in [1.82, 2.24) is 9.80 Å². The van der Waals surface area contributed by atoms with Crippen LogP contribution in [0.5, 0.6) is 0 Å². The summed E-state index contributed by atoms with van der Waals surface area (Å²) >= 11 is 0. The molecule has 0 bridgehead atoms. The number of nitrogens with zero attached hydrogens (tertiary/aromatic N) is 2. The third-order valence-corrected chi connectivity index (χ3v) is 2.95. The Morgan fingerprint density at radius 3 is 2.69 bits per heavy atom. The average Bonchev–Trinajstić information content (AvgIpc) is 2.47. The molecule has 1 saturated heterocycles. The van der Waals surface area contributed by atoms with Crippen molar-refractivity contribution in [1.29, 1.82) is 0 Å². The molecule has 1 aliphatic heterocycles. The van der Waals surface area contributed by atoms with Gasteiger partial charge in [-0.25, -0.2) is 0 Å². The molecule has 0 radical (unpaired) electrons. The van der Waals surface area contributed by atoms with Gasteiger partial charge in [0.05, 0.1) is 6.04 Å². The van der Waals surface area contributed by atoms with E-state index in [4.69, 9.17) is 0 Å². The van der Waals surface area contributed by atoms with Crippen molar-refractivity contribution in [2.75, 3.05) is 26.7 Å². The van der Waals surface area contributed by atoms with Crippen LogP contribution in [0.3, 0.4) is 0 Å². The lowest BCUT2D eigenvalue weighted by Gasteiger charge is -2.26. The van der Waals surface area contributed by atoms with Gasteiger partial charge in [0.2, 0.25) is 0 Å². The lowest BCUT2D eigenvalue weighted by molar-refractivity contribution is 0.272. The van der Waals surface area contributed by atoms with Crippen molar-refractivity contribution in [3.8, 4) is 0 Å². The van der Waals surface area contributed by atoms with Gasteiger partial charge in [0.25, 0.3) is 0 Å². The van der Waals surface area contributed by atoms with Gasteiger partial charge in [0.15, 0.2) is 0 Å². The summed E-state index contributed by atoms with van der Waals surface area (Å²) in [5, 5.41) is 0. The van der Waals surface area contributed by atoms with Gasteiger partial charge in [-0.15, -0.1) is 0 Å². The zero-order valence-electron chi connectivity index (χ0n) is 9.21. The number of likely N-dealkylation sites (tertiary alicyclic amines) is 1. The van der Waals surface area contributed by atoms with E-state index in [2.05, 4.69) is 37.3 Å². The summed E-state index contributed by atoms with van der Waals surface area (Å²) in [6.07, 6.45) is 2.48. The third kappa shape index (κ3) is 2.25. The molecule has 1 rings (SSSR count). The van der Waals surface area contributed by atoms with Crippen molar-refractivity contribution in [3.63, 3.8) is 0 Å². The molecule has 0 amide bonds. The van der Waals surface area contributed by atoms with E-state index in [1.165, 1.54) is 31.6 Å². The van der Waals surface area contributed by atoms with E-state index in [1.54, 1.807) is 0 Å². The van der Waals surface area contributed by atoms with Gasteiger partial charge in [-0.2, -0.15) is 0 Å². The highest BCUT2D eigenvalue weighted by Crippen LogP contribution is 2.23. The maximum absolute atomic E-state index is 4.18. The Morgan fingerprint density at radius 2 is 2.23 bits per heavy atom. The fourth-order valence-electron chi connectivity index (χ4n) is 2.14. The molecule has 1 heterocycles. The van der Waals surface area contributed by atoms with Crippen LogP contribution in [0, 0.1) is 0 Å². The zero-order chi connectivity index (χ0) is 9.84. The van der Waals surface area contributed by atoms with Crippen LogP contribution in [0.25, 0.3) is 0 Å². The summed E-state index contributed by atoms with van der Waals surface area (Å²) in [5.41, 5.74) is 1.32. The smallest absolute Gasteiger partial charge is 0.0504 e. The summed E-state index contributed by atoms with van der Waals surface area (Å²) in [6, 6.07) is 0.597. The van der Waals surface area contributed by atoms with E-state index < -0.39 is 0 Å². The van der Waals surface area contributed by atoms with Gasteiger partial charge in [-0.05, 0) is 33.4 Å². The van der Waals surface area contributed by atoms with Crippen LogP contribution in [0.4, 0.5) is 0 Å². The summed E-state index contributed by atoms with van der Waals surface area (Å²) in [7, 11) is 2.21. The molecule has 76 valence electrons. The van der Waals surface area contributed by atoms with E-state index in [9.17, 15) is 0 Å². The van der Waals surface area contributed by atoms with Gasteiger partial charge in [-0.1, -0.05) is 13.5 Å². The monoisotopic (exact) mass is 182 g/mol. The molecule has 1 aliphatic rings. The van der Waals surface area contributed by atoms with Crippen molar-refractivity contribution in [2.45, 2.75) is 32.7 Å². The predicted molar refractivity (Wildman–Crippen MR) is 57.7 cm³/mol. The van der Waals surface area contributed by atoms with Crippen LogP contribution < -0.4 is 0 Å². The maximum Gasteiger partial charge on any atom is 0.0504 e. The number of hydrogen-bond acceptors (Lipinski definition) is 2. The molecule has 0 aromatic carbocycles. The highest BCUT2D eigenvalue weighted by molar-refractivity contribution is 5.10. The second-order valence-electron chi connectivity index (χ2n) is 3.86. The largest absolute Gasteiger partial charge is 0.374 e. The van der Waals surface area contributed by atoms with Crippen LogP contribution in [-0.4, -0.2) is 42.5 Å². The minimum absolute atomic E-state index is 0.597. The summed E-state index contributed by atoms with van der Waals surface area (Å²) in [5.74, 6) is 0. The Balaban J connectivity index is 2.49. The Morgan fingerprint density at radius 1 is 1.54 bits per heavy atom. The molecule has 1 unspecified atom stereocenters. The Labute approximate surface area is 82.2 Å². The first kappa shape index (κ1) is 10.6. The van der Waals surface area contributed by atoms with Crippen LogP contribution in [0.15, 0.2) is 12.3 Å². The molecule has 0 aliphatic carbocycles. The third-order valence-electron chi connectivity index (χ3n) is 2.95. The Kier molecular flexibility index (Phi) is 3.79. The van der Waals surface area contributed by atoms with Gasteiger partial charge >= 0.3 is 0 Å². The first-order valence-electron chi connectivity index (χ1n) is 5.34. The van der Waals surface area contributed by atoms with E-state index in [1.807, 2.05) is 0 Å². The molecular weight excluding hydrogens is 160 g/mol. The molecule has 0 spiro atoms. The van der Waals surface area contributed by atoms with Crippen LogP contribution in [-0.2, 0) is 0 Å². The molecule has 13 heavy (non-hydrogen) atoms. The van der Waals surface area contributed by atoms with Crippen LogP contribution >= 0.6 is 0 Å². The van der Waals surface area contributed by atoms with Gasteiger partial charge in [0, 0.05) is 18.8 Å². The summed E-state index contributed by atoms with van der Waals surface area (Å²) in [4.78, 5) is 4.81. The van der Waals surface area contributed by atoms with Crippen molar-refractivity contribution in [2.24, 2.45) is 0 Å². The first-order chi connectivity index (χ1) is 6.20. The molecule has 0 aromatic heterocycles. The van der Waals surface area contributed by atoms with Gasteiger partial charge < -0.3 is 4.90 Å². The lowest BCUT2D eigenvalue weighted by atomic mass is 10.2. The zero-order valence-corrected chi connectivity index (χ0v) is 9.21. The molecular formula is C11H22N2. The topological polar surface area (TPSA) is 6.48 Å². The number of rotatable bonds is 4. The molecule has 2 nitrogen and oxygen atoms in total. The Hall–Kier alpha value is -0.500. The molecule has 1 atom stereocenters. The van der Waals surface area contributed by atoms with Gasteiger partial charge in [0.1, 0.15) is 0 Å². The van der Waals surface area contributed by atoms with E-state index >= 15 is 0 Å². The number of hydrogen-bond donors (Lipinski definition) is 0. The van der Waals surface area contributed by atoms with E-state index in [0.717, 1.165) is 6.54 Å². The molecule has 1 fully saturated rings. The highest BCUT2D eigenvalue weighted by Gasteiger charge is 2.27. The van der Waals surface area contributed by atoms with Crippen LogP contribution in [0.1, 0.15) is 26.7 Å². The quantitative estimate of drug-likeness (QED) is 0.655. The van der Waals surface area contributed by atoms with Crippen molar-refractivity contribution in [3.05, 3.63) is 12.3 Å². The fourth-order valence-corrected chi connectivity index (χ4v) is 2.14. The highest BCUT2D eigenvalue weighted by atomic mass is 15.2. The molecule has 0 aromatic rings. The van der Waals surface area contributed by atoms with E-state index in [-0.39, 0.29) is 0 Å². The predicted octanol–water partition coefficient (Wildman–Crippen LogP) is 1.94. The van der Waals surface area contributed by atoms with Crippen molar-refractivity contribution < 1.29 is 0 Å². The first-order valence-corrected chi connectivity index (χ1v) is 5.34. The van der Waals surface area contributed by atoms with Crippen molar-refractivity contribution >= 4 is 0 Å². The molecule has 2 heteroatoms. The number of likely N-dealkylation sites (N-methyl/N-ethyl adjacent to an activating group) is 2. The van der Waals surface area contributed by atoms with E-state index in [0.29, 0.717) is 6.04 Å². The standard InChI is InChI=1S/C11H22N2/c1-5-8-12(4)11-7-9-13(6-2)10(11)3/h11H,3,5-9H2,1-2,4H3. The fraction of sp³-hybridized carbons (Fsp3) is 0.818. The van der Waals surface area contributed by atoms with Gasteiger partial charge in [-0.3, -0.25) is 4.90 Å². The summed E-state index contributed by atoms with van der Waals surface area (Å²) in [6.45, 7) is 12.1. The molecule has 0 saturated carbocycles. The normalized spacial score (nSPS) is 23.2. The minimum Gasteiger partial charge on any atom is -0.374 e. The maximum atomic E-state index is 4.18. The SMILES string of the molecule is C=C1C(N(C)CCC)CCN1CC.